The summed E-state index contributed by atoms with van der Waals surface area (Å²) < 4.78 is 11.2. The number of aryl methyl sites for hydroxylation is 1. The molecule has 0 saturated carbocycles. The van der Waals surface area contributed by atoms with Gasteiger partial charge in [0.25, 0.3) is 5.91 Å². The average molecular weight is 406 g/mol. The molecule has 0 spiro atoms. The van der Waals surface area contributed by atoms with Gasteiger partial charge in [0.1, 0.15) is 11.8 Å². The quantitative estimate of drug-likeness (QED) is 0.718. The highest BCUT2D eigenvalue weighted by molar-refractivity contribution is 9.10. The van der Waals surface area contributed by atoms with E-state index in [1.165, 1.54) is 7.11 Å². The van der Waals surface area contributed by atoms with Crippen LogP contribution < -0.4 is 10.1 Å². The molecule has 1 unspecified atom stereocenters. The van der Waals surface area contributed by atoms with Gasteiger partial charge in [-0.15, -0.1) is 0 Å². The Morgan fingerprint density at radius 3 is 2.52 bits per heavy atom. The minimum Gasteiger partial charge on any atom is -0.484 e. The third-order valence-corrected chi connectivity index (χ3v) is 4.49. The minimum absolute atomic E-state index is 0.177. The Morgan fingerprint density at radius 1 is 1.16 bits per heavy atom. The third kappa shape index (κ3) is 5.90. The summed E-state index contributed by atoms with van der Waals surface area (Å²) in [6.07, 6.45) is 0.358. The van der Waals surface area contributed by atoms with E-state index in [4.69, 9.17) is 9.47 Å². The van der Waals surface area contributed by atoms with E-state index in [1.54, 1.807) is 6.07 Å². The van der Waals surface area contributed by atoms with Gasteiger partial charge < -0.3 is 14.8 Å². The molecule has 1 atom stereocenters. The first kappa shape index (κ1) is 19.0. The molecule has 6 heteroatoms. The molecule has 0 saturated heterocycles. The molecule has 0 fully saturated rings. The summed E-state index contributed by atoms with van der Waals surface area (Å²) in [5, 5.41) is 2.66. The number of benzene rings is 2. The van der Waals surface area contributed by atoms with Crippen molar-refractivity contribution < 1.29 is 19.1 Å². The highest BCUT2D eigenvalue weighted by Gasteiger charge is 2.22. The van der Waals surface area contributed by atoms with Crippen LogP contribution in [0.1, 0.15) is 11.1 Å². The number of halogens is 1. The van der Waals surface area contributed by atoms with Crippen molar-refractivity contribution in [1.29, 1.82) is 0 Å². The highest BCUT2D eigenvalue weighted by Crippen LogP contribution is 2.21. The Bertz CT molecular complexity index is 733. The molecule has 0 bridgehead atoms. The van der Waals surface area contributed by atoms with E-state index in [2.05, 4.69) is 21.2 Å². The minimum atomic E-state index is -0.754. The summed E-state index contributed by atoms with van der Waals surface area (Å²) in [4.78, 5) is 24.1. The largest absolute Gasteiger partial charge is 0.484 e. The number of hydrogen-bond acceptors (Lipinski definition) is 4. The number of hydrogen-bond donors (Lipinski definition) is 1. The second-order valence-corrected chi connectivity index (χ2v) is 6.39. The summed E-state index contributed by atoms with van der Waals surface area (Å²) in [7, 11) is 1.30. The Hall–Kier alpha value is -2.34. The Morgan fingerprint density at radius 2 is 1.88 bits per heavy atom. The maximum absolute atomic E-state index is 12.1. The molecule has 0 heterocycles. The first-order valence-corrected chi connectivity index (χ1v) is 8.59. The molecular weight excluding hydrogens is 386 g/mol. The molecule has 0 aromatic heterocycles. The predicted molar refractivity (Wildman–Crippen MR) is 98.5 cm³/mol. The van der Waals surface area contributed by atoms with Gasteiger partial charge in [-0.1, -0.05) is 46.3 Å². The zero-order valence-corrected chi connectivity index (χ0v) is 15.7. The number of carbonyl (C=O) groups is 2. The van der Waals surface area contributed by atoms with Crippen LogP contribution in [0.5, 0.6) is 5.75 Å². The SMILES string of the molecule is COC(=O)C(Cc1ccccc1)NC(=O)COc1ccc(Br)c(C)c1. The van der Waals surface area contributed by atoms with Crippen molar-refractivity contribution in [3.05, 3.63) is 64.1 Å². The molecular formula is C19H20BrNO4. The molecule has 2 aromatic carbocycles. The molecule has 132 valence electrons. The van der Waals surface area contributed by atoms with E-state index < -0.39 is 12.0 Å². The standard InChI is InChI=1S/C19H20BrNO4/c1-13-10-15(8-9-16(13)20)25-12-18(22)21-17(19(23)24-2)11-14-6-4-3-5-7-14/h3-10,17H,11-12H2,1-2H3,(H,21,22). The zero-order chi connectivity index (χ0) is 18.2. The Labute approximate surface area is 155 Å². The lowest BCUT2D eigenvalue weighted by atomic mass is 10.1. The zero-order valence-electron chi connectivity index (χ0n) is 14.1. The molecule has 0 aliphatic rings. The second-order valence-electron chi connectivity index (χ2n) is 5.53. The van der Waals surface area contributed by atoms with Crippen LogP contribution in [0.15, 0.2) is 53.0 Å². The van der Waals surface area contributed by atoms with Gasteiger partial charge in [0.15, 0.2) is 6.61 Å². The van der Waals surface area contributed by atoms with E-state index in [-0.39, 0.29) is 12.5 Å². The van der Waals surface area contributed by atoms with E-state index >= 15 is 0 Å². The van der Waals surface area contributed by atoms with Crippen molar-refractivity contribution in [2.75, 3.05) is 13.7 Å². The number of nitrogens with one attached hydrogen (secondary N) is 1. The number of ether oxygens (including phenoxy) is 2. The van der Waals surface area contributed by atoms with Crippen molar-refractivity contribution in [2.24, 2.45) is 0 Å². The van der Waals surface area contributed by atoms with E-state index in [0.717, 1.165) is 15.6 Å². The molecule has 5 nitrogen and oxygen atoms in total. The monoisotopic (exact) mass is 405 g/mol. The maximum atomic E-state index is 12.1. The van der Waals surface area contributed by atoms with Crippen LogP contribution in [-0.4, -0.2) is 31.6 Å². The van der Waals surface area contributed by atoms with Gasteiger partial charge in [-0.3, -0.25) is 4.79 Å². The first-order valence-electron chi connectivity index (χ1n) is 7.79. The molecule has 25 heavy (non-hydrogen) atoms. The summed E-state index contributed by atoms with van der Waals surface area (Å²) >= 11 is 3.41. The molecule has 2 rings (SSSR count). The lowest BCUT2D eigenvalue weighted by Gasteiger charge is -2.17. The van der Waals surface area contributed by atoms with E-state index in [1.807, 2.05) is 49.4 Å². The van der Waals surface area contributed by atoms with Gasteiger partial charge in [0.05, 0.1) is 7.11 Å². The van der Waals surface area contributed by atoms with Crippen LogP contribution in [0.4, 0.5) is 0 Å². The third-order valence-electron chi connectivity index (χ3n) is 3.60. The summed E-state index contributed by atoms with van der Waals surface area (Å²) in [6, 6.07) is 14.1. The van der Waals surface area contributed by atoms with Gasteiger partial charge in [-0.2, -0.15) is 0 Å². The van der Waals surface area contributed by atoms with Gasteiger partial charge in [0.2, 0.25) is 0 Å². The smallest absolute Gasteiger partial charge is 0.328 e. The highest BCUT2D eigenvalue weighted by atomic mass is 79.9. The van der Waals surface area contributed by atoms with Gasteiger partial charge >= 0.3 is 5.97 Å². The molecule has 0 aliphatic carbocycles. The van der Waals surface area contributed by atoms with Gasteiger partial charge in [-0.25, -0.2) is 4.79 Å². The van der Waals surface area contributed by atoms with E-state index in [9.17, 15) is 9.59 Å². The van der Waals surface area contributed by atoms with Crippen LogP contribution >= 0.6 is 15.9 Å². The number of amides is 1. The number of carbonyl (C=O) groups excluding carboxylic acids is 2. The Balaban J connectivity index is 1.94. The van der Waals surface area contributed by atoms with Crippen molar-refractivity contribution in [2.45, 2.75) is 19.4 Å². The molecule has 1 N–H and O–H groups in total. The topological polar surface area (TPSA) is 64.6 Å². The second kappa shape index (κ2) is 9.22. The fourth-order valence-electron chi connectivity index (χ4n) is 2.28. The van der Waals surface area contributed by atoms with Gasteiger partial charge in [-0.05, 0) is 36.2 Å². The summed E-state index contributed by atoms with van der Waals surface area (Å²) in [6.45, 7) is 1.76. The van der Waals surface area contributed by atoms with Crippen LogP contribution in [0.25, 0.3) is 0 Å². The van der Waals surface area contributed by atoms with E-state index in [0.29, 0.717) is 12.2 Å². The van der Waals surface area contributed by atoms with Crippen molar-refractivity contribution >= 4 is 27.8 Å². The lowest BCUT2D eigenvalue weighted by molar-refractivity contribution is -0.145. The molecule has 0 aliphatic heterocycles. The van der Waals surface area contributed by atoms with Crippen molar-refractivity contribution in [1.82, 2.24) is 5.32 Å². The van der Waals surface area contributed by atoms with Crippen LogP contribution in [0.2, 0.25) is 0 Å². The normalized spacial score (nSPS) is 11.5. The van der Waals surface area contributed by atoms with Crippen LogP contribution in [0, 0.1) is 6.92 Å². The maximum Gasteiger partial charge on any atom is 0.328 e. The summed E-state index contributed by atoms with van der Waals surface area (Å²) in [5.41, 5.74) is 1.94. The number of esters is 1. The number of methoxy groups -OCH3 is 1. The first-order chi connectivity index (χ1) is 12.0. The van der Waals surface area contributed by atoms with Crippen LogP contribution in [0.3, 0.4) is 0 Å². The predicted octanol–water partition coefficient (Wildman–Crippen LogP) is 3.04. The Kier molecular flexibility index (Phi) is 7.01. The summed E-state index contributed by atoms with van der Waals surface area (Å²) in [5.74, 6) is -0.280. The fraction of sp³-hybridized carbons (Fsp3) is 0.263. The molecule has 1 amide bonds. The van der Waals surface area contributed by atoms with Crippen molar-refractivity contribution in [3.8, 4) is 5.75 Å². The number of rotatable bonds is 7. The van der Waals surface area contributed by atoms with Crippen molar-refractivity contribution in [3.63, 3.8) is 0 Å². The van der Waals surface area contributed by atoms with Gasteiger partial charge in [0, 0.05) is 10.9 Å². The van der Waals surface area contributed by atoms with Crippen LogP contribution in [-0.2, 0) is 20.7 Å². The fourth-order valence-corrected chi connectivity index (χ4v) is 2.52. The molecule has 2 aromatic rings. The molecule has 0 radical (unpaired) electrons. The average Bonchev–Trinajstić information content (AvgIpc) is 2.62. The lowest BCUT2D eigenvalue weighted by Crippen LogP contribution is -2.44.